The van der Waals surface area contributed by atoms with Crippen LogP contribution in [0.15, 0.2) is 0 Å². The van der Waals surface area contributed by atoms with Crippen molar-refractivity contribution in [1.29, 1.82) is 0 Å². The largest absolute Gasteiger partial charge is 0.354 e. The van der Waals surface area contributed by atoms with E-state index in [2.05, 4.69) is 16.0 Å². The van der Waals surface area contributed by atoms with Crippen LogP contribution in [0.25, 0.3) is 0 Å². The first-order valence-corrected chi connectivity index (χ1v) is 6.25. The molecular formula is C12H23N3O2. The number of hydrogen-bond acceptors (Lipinski definition) is 3. The maximum atomic E-state index is 11.8. The van der Waals surface area contributed by atoms with Crippen LogP contribution in [-0.2, 0) is 9.59 Å². The molecule has 1 aliphatic heterocycles. The highest BCUT2D eigenvalue weighted by atomic mass is 16.2. The zero-order valence-electron chi connectivity index (χ0n) is 10.9. The third-order valence-corrected chi connectivity index (χ3v) is 2.98. The summed E-state index contributed by atoms with van der Waals surface area (Å²) in [5, 5.41) is 8.63. The minimum Gasteiger partial charge on any atom is -0.354 e. The molecule has 5 nitrogen and oxygen atoms in total. The summed E-state index contributed by atoms with van der Waals surface area (Å²) in [4.78, 5) is 23.2. The first-order valence-electron chi connectivity index (χ1n) is 6.25. The van der Waals surface area contributed by atoms with Crippen molar-refractivity contribution in [3.8, 4) is 0 Å². The molecule has 1 heterocycles. The van der Waals surface area contributed by atoms with Gasteiger partial charge in [0, 0.05) is 13.1 Å². The van der Waals surface area contributed by atoms with E-state index in [0.717, 1.165) is 6.54 Å². The fourth-order valence-corrected chi connectivity index (χ4v) is 1.84. The molecule has 1 saturated heterocycles. The molecular weight excluding hydrogens is 218 g/mol. The highest BCUT2D eigenvalue weighted by Gasteiger charge is 2.29. The van der Waals surface area contributed by atoms with Crippen LogP contribution in [0.2, 0.25) is 0 Å². The van der Waals surface area contributed by atoms with Crippen molar-refractivity contribution in [2.24, 2.45) is 17.8 Å². The van der Waals surface area contributed by atoms with E-state index in [1.165, 1.54) is 0 Å². The number of rotatable bonds is 5. The number of carbonyl (C=O) groups is 2. The second kappa shape index (κ2) is 6.59. The molecule has 2 atom stereocenters. The van der Waals surface area contributed by atoms with Gasteiger partial charge in [-0.2, -0.15) is 0 Å². The molecule has 0 radical (unpaired) electrons. The van der Waals surface area contributed by atoms with Gasteiger partial charge in [-0.1, -0.05) is 20.8 Å². The first kappa shape index (κ1) is 14.0. The molecule has 1 aliphatic rings. The minimum atomic E-state index is -0.120. The Morgan fingerprint density at radius 1 is 1.29 bits per heavy atom. The summed E-state index contributed by atoms with van der Waals surface area (Å²) in [6, 6.07) is 0. The lowest BCUT2D eigenvalue weighted by Crippen LogP contribution is -2.41. The second-order valence-corrected chi connectivity index (χ2v) is 5.16. The molecule has 1 rings (SSSR count). The fourth-order valence-electron chi connectivity index (χ4n) is 1.84. The summed E-state index contributed by atoms with van der Waals surface area (Å²) in [6.07, 6.45) is 0. The van der Waals surface area contributed by atoms with Crippen LogP contribution in [-0.4, -0.2) is 38.0 Å². The molecule has 17 heavy (non-hydrogen) atoms. The molecule has 0 aromatic carbocycles. The van der Waals surface area contributed by atoms with E-state index in [0.29, 0.717) is 24.9 Å². The lowest BCUT2D eigenvalue weighted by atomic mass is 9.97. The van der Waals surface area contributed by atoms with Gasteiger partial charge in [0.15, 0.2) is 0 Å². The van der Waals surface area contributed by atoms with Crippen LogP contribution in [0.4, 0.5) is 0 Å². The number of hydrogen-bond donors (Lipinski definition) is 3. The van der Waals surface area contributed by atoms with Crippen LogP contribution in [0.1, 0.15) is 20.8 Å². The van der Waals surface area contributed by atoms with Gasteiger partial charge in [-0.3, -0.25) is 9.59 Å². The number of amides is 2. The quantitative estimate of drug-likeness (QED) is 0.620. The summed E-state index contributed by atoms with van der Waals surface area (Å²) in [7, 11) is 0. The van der Waals surface area contributed by atoms with E-state index >= 15 is 0 Å². The lowest BCUT2D eigenvalue weighted by Gasteiger charge is -2.14. The molecule has 3 N–H and O–H groups in total. The van der Waals surface area contributed by atoms with Crippen molar-refractivity contribution in [2.75, 3.05) is 26.2 Å². The molecule has 0 bridgehead atoms. The van der Waals surface area contributed by atoms with Gasteiger partial charge < -0.3 is 16.0 Å². The van der Waals surface area contributed by atoms with E-state index in [4.69, 9.17) is 0 Å². The highest BCUT2D eigenvalue weighted by molar-refractivity contribution is 5.86. The number of carbonyl (C=O) groups excluding carboxylic acids is 2. The Morgan fingerprint density at radius 3 is 2.53 bits per heavy atom. The van der Waals surface area contributed by atoms with Crippen molar-refractivity contribution in [3.63, 3.8) is 0 Å². The van der Waals surface area contributed by atoms with Crippen LogP contribution < -0.4 is 16.0 Å². The molecule has 1 fully saturated rings. The normalized spacial score (nSPS) is 23.8. The summed E-state index contributed by atoms with van der Waals surface area (Å²) < 4.78 is 0. The molecule has 0 aromatic heterocycles. The highest BCUT2D eigenvalue weighted by Crippen LogP contribution is 2.15. The van der Waals surface area contributed by atoms with E-state index in [-0.39, 0.29) is 24.3 Å². The van der Waals surface area contributed by atoms with Crippen LogP contribution in [0, 0.1) is 17.8 Å². The van der Waals surface area contributed by atoms with Crippen molar-refractivity contribution < 1.29 is 9.59 Å². The van der Waals surface area contributed by atoms with Crippen LogP contribution in [0.5, 0.6) is 0 Å². The lowest BCUT2D eigenvalue weighted by molar-refractivity contribution is -0.128. The van der Waals surface area contributed by atoms with Crippen molar-refractivity contribution in [3.05, 3.63) is 0 Å². The summed E-state index contributed by atoms with van der Waals surface area (Å²) >= 11 is 0. The van der Waals surface area contributed by atoms with Crippen molar-refractivity contribution in [2.45, 2.75) is 20.8 Å². The average Bonchev–Trinajstić information content (AvgIpc) is 2.69. The Kier molecular flexibility index (Phi) is 5.41. The summed E-state index contributed by atoms with van der Waals surface area (Å²) in [5.41, 5.74) is 0. The van der Waals surface area contributed by atoms with Gasteiger partial charge >= 0.3 is 0 Å². The zero-order chi connectivity index (χ0) is 12.8. The van der Waals surface area contributed by atoms with E-state index in [1.54, 1.807) is 0 Å². The zero-order valence-corrected chi connectivity index (χ0v) is 10.9. The van der Waals surface area contributed by atoms with Gasteiger partial charge in [-0.15, -0.1) is 0 Å². The maximum Gasteiger partial charge on any atom is 0.239 e. The molecule has 0 aromatic rings. The Morgan fingerprint density at radius 2 is 2.00 bits per heavy atom. The third-order valence-electron chi connectivity index (χ3n) is 2.98. The van der Waals surface area contributed by atoms with Gasteiger partial charge in [0.2, 0.25) is 11.8 Å². The molecule has 2 amide bonds. The maximum absolute atomic E-state index is 11.8. The van der Waals surface area contributed by atoms with Crippen LogP contribution in [0.3, 0.4) is 0 Å². The van der Waals surface area contributed by atoms with E-state index in [1.807, 2.05) is 20.8 Å². The summed E-state index contributed by atoms with van der Waals surface area (Å²) in [6.45, 7) is 8.42. The summed E-state index contributed by atoms with van der Waals surface area (Å²) in [5.74, 6) is 0.614. The molecule has 0 aliphatic carbocycles. The smallest absolute Gasteiger partial charge is 0.239 e. The monoisotopic (exact) mass is 241 g/mol. The van der Waals surface area contributed by atoms with Gasteiger partial charge in [-0.05, 0) is 18.4 Å². The Hall–Kier alpha value is -1.10. The van der Waals surface area contributed by atoms with E-state index < -0.39 is 0 Å². The average molecular weight is 241 g/mol. The van der Waals surface area contributed by atoms with Crippen molar-refractivity contribution in [1.82, 2.24) is 16.0 Å². The van der Waals surface area contributed by atoms with Gasteiger partial charge in [0.05, 0.1) is 12.5 Å². The van der Waals surface area contributed by atoms with Gasteiger partial charge in [-0.25, -0.2) is 0 Å². The Labute approximate surface area is 103 Å². The molecule has 0 unspecified atom stereocenters. The fraction of sp³-hybridized carbons (Fsp3) is 0.833. The standard InChI is InChI=1S/C12H23N3O2/c1-8(2)4-14-11(16)7-15-12(17)10-6-13-5-9(10)3/h8-10,13H,4-7H2,1-3H3,(H,14,16)(H,15,17)/t9-,10-/m1/s1. The second-order valence-electron chi connectivity index (χ2n) is 5.16. The van der Waals surface area contributed by atoms with Gasteiger partial charge in [0.1, 0.15) is 0 Å². The minimum absolute atomic E-state index is 0.00658. The van der Waals surface area contributed by atoms with E-state index in [9.17, 15) is 9.59 Å². The predicted octanol–water partition coefficient (Wildman–Crippen LogP) is -0.270. The van der Waals surface area contributed by atoms with Crippen molar-refractivity contribution >= 4 is 11.8 Å². The third kappa shape index (κ3) is 4.73. The topological polar surface area (TPSA) is 70.2 Å². The molecule has 98 valence electrons. The number of nitrogens with one attached hydrogen (secondary N) is 3. The Bertz CT molecular complexity index is 279. The first-order chi connectivity index (χ1) is 8.00. The SMILES string of the molecule is CC(C)CNC(=O)CNC(=O)[C@@H]1CNC[C@H]1C. The molecule has 0 spiro atoms. The molecule has 0 saturated carbocycles. The molecule has 5 heteroatoms. The Balaban J connectivity index is 2.21. The predicted molar refractivity (Wildman–Crippen MR) is 66.4 cm³/mol. The van der Waals surface area contributed by atoms with Crippen LogP contribution >= 0.6 is 0 Å². The van der Waals surface area contributed by atoms with Gasteiger partial charge in [0.25, 0.3) is 0 Å².